The van der Waals surface area contributed by atoms with Crippen molar-refractivity contribution in [1.29, 1.82) is 0 Å². The topological polar surface area (TPSA) is 52.6 Å². The van der Waals surface area contributed by atoms with Gasteiger partial charge >= 0.3 is 11.9 Å². The van der Waals surface area contributed by atoms with Crippen LogP contribution in [0.25, 0.3) is 0 Å². The van der Waals surface area contributed by atoms with Gasteiger partial charge in [0.15, 0.2) is 0 Å². The molecule has 0 aromatic carbocycles. The minimum absolute atomic E-state index is 0.00762. The molecule has 154 valence electrons. The minimum Gasteiger partial charge on any atom is -0.466 e. The van der Waals surface area contributed by atoms with Gasteiger partial charge in [0.05, 0.1) is 19.1 Å². The van der Waals surface area contributed by atoms with E-state index in [9.17, 15) is 9.59 Å². The zero-order valence-electron chi connectivity index (χ0n) is 17.5. The second kappa shape index (κ2) is 18.7. The van der Waals surface area contributed by atoms with Crippen LogP contribution in [-0.4, -0.2) is 25.2 Å². The summed E-state index contributed by atoms with van der Waals surface area (Å²) in [6, 6.07) is 0. The van der Waals surface area contributed by atoms with Crippen LogP contribution in [0.15, 0.2) is 0 Å². The lowest BCUT2D eigenvalue weighted by Crippen LogP contribution is -2.17. The van der Waals surface area contributed by atoms with Crippen LogP contribution in [-0.2, 0) is 19.1 Å². The summed E-state index contributed by atoms with van der Waals surface area (Å²) in [4.78, 5) is 23.4. The summed E-state index contributed by atoms with van der Waals surface area (Å²) < 4.78 is 10.5. The average Bonchev–Trinajstić information content (AvgIpc) is 2.63. The summed E-state index contributed by atoms with van der Waals surface area (Å²) in [5.74, 6) is 0.0206. The number of hydrogen-bond acceptors (Lipinski definition) is 4. The van der Waals surface area contributed by atoms with Crippen molar-refractivity contribution >= 4 is 11.9 Å². The van der Waals surface area contributed by atoms with Crippen molar-refractivity contribution in [3.63, 3.8) is 0 Å². The van der Waals surface area contributed by atoms with Crippen molar-refractivity contribution in [1.82, 2.24) is 0 Å². The number of esters is 2. The maximum Gasteiger partial charge on any atom is 0.308 e. The van der Waals surface area contributed by atoms with Gasteiger partial charge in [0.2, 0.25) is 0 Å². The molecule has 4 nitrogen and oxygen atoms in total. The molecule has 1 atom stereocenters. The zero-order valence-corrected chi connectivity index (χ0v) is 17.5. The van der Waals surface area contributed by atoms with Gasteiger partial charge in [-0.1, -0.05) is 72.1 Å². The van der Waals surface area contributed by atoms with Crippen molar-refractivity contribution in [3.05, 3.63) is 0 Å². The van der Waals surface area contributed by atoms with Gasteiger partial charge in [-0.3, -0.25) is 9.59 Å². The van der Waals surface area contributed by atoms with Crippen LogP contribution in [0, 0.1) is 5.92 Å². The summed E-state index contributed by atoms with van der Waals surface area (Å²) in [6.45, 7) is 7.40. The molecule has 0 aromatic heterocycles. The SMILES string of the molecule is CCCCOC(=O)CCCCCCCCCC(CC)C(=O)OCCCC. The highest BCUT2D eigenvalue weighted by atomic mass is 16.5. The van der Waals surface area contributed by atoms with Crippen LogP contribution in [0.4, 0.5) is 0 Å². The molecule has 0 aliphatic carbocycles. The third-order valence-corrected chi connectivity index (χ3v) is 4.76. The minimum atomic E-state index is -0.0464. The molecule has 0 bridgehead atoms. The predicted molar refractivity (Wildman–Crippen MR) is 107 cm³/mol. The molecule has 0 fully saturated rings. The lowest BCUT2D eigenvalue weighted by atomic mass is 9.98. The van der Waals surface area contributed by atoms with E-state index in [1.807, 2.05) is 0 Å². The Bertz CT molecular complexity index is 341. The largest absolute Gasteiger partial charge is 0.466 e. The molecule has 0 radical (unpaired) electrons. The maximum absolute atomic E-state index is 12.0. The summed E-state index contributed by atoms with van der Waals surface area (Å²) in [6.07, 6.45) is 14.3. The van der Waals surface area contributed by atoms with E-state index >= 15 is 0 Å². The van der Waals surface area contributed by atoms with E-state index in [1.54, 1.807) is 0 Å². The number of ether oxygens (including phenoxy) is 2. The highest BCUT2D eigenvalue weighted by Gasteiger charge is 2.17. The van der Waals surface area contributed by atoms with Crippen molar-refractivity contribution in [3.8, 4) is 0 Å². The Morgan fingerprint density at radius 3 is 1.81 bits per heavy atom. The lowest BCUT2D eigenvalue weighted by Gasteiger charge is -2.13. The molecular formula is C22H42O4. The molecule has 4 heteroatoms. The van der Waals surface area contributed by atoms with Gasteiger partial charge in [0.25, 0.3) is 0 Å². The molecular weight excluding hydrogens is 328 g/mol. The van der Waals surface area contributed by atoms with E-state index < -0.39 is 0 Å². The highest BCUT2D eigenvalue weighted by Crippen LogP contribution is 2.17. The van der Waals surface area contributed by atoms with Gasteiger partial charge in [0, 0.05) is 6.42 Å². The first-order valence-electron chi connectivity index (χ1n) is 11.0. The van der Waals surface area contributed by atoms with Crippen LogP contribution in [0.1, 0.15) is 111 Å². The van der Waals surface area contributed by atoms with Gasteiger partial charge in [-0.2, -0.15) is 0 Å². The fourth-order valence-electron chi connectivity index (χ4n) is 2.87. The summed E-state index contributed by atoms with van der Waals surface area (Å²) in [7, 11) is 0. The van der Waals surface area contributed by atoms with E-state index in [1.165, 1.54) is 25.7 Å². The molecule has 0 rings (SSSR count). The smallest absolute Gasteiger partial charge is 0.308 e. The molecule has 26 heavy (non-hydrogen) atoms. The van der Waals surface area contributed by atoms with E-state index in [0.29, 0.717) is 19.6 Å². The standard InChI is InChI=1S/C22H42O4/c1-4-7-18-25-21(23)17-15-13-11-9-10-12-14-16-20(6-3)22(24)26-19-8-5-2/h20H,4-19H2,1-3H3. The molecule has 0 amide bonds. The number of carbonyl (C=O) groups excluding carboxylic acids is 2. The van der Waals surface area contributed by atoms with Gasteiger partial charge < -0.3 is 9.47 Å². The Morgan fingerprint density at radius 2 is 1.23 bits per heavy atom. The molecule has 0 saturated carbocycles. The number of hydrogen-bond donors (Lipinski definition) is 0. The van der Waals surface area contributed by atoms with Gasteiger partial charge in [-0.25, -0.2) is 0 Å². The van der Waals surface area contributed by atoms with Gasteiger partial charge in [-0.15, -0.1) is 0 Å². The number of unbranched alkanes of at least 4 members (excludes halogenated alkanes) is 8. The Balaban J connectivity index is 3.48. The Labute approximate surface area is 161 Å². The Morgan fingerprint density at radius 1 is 0.692 bits per heavy atom. The maximum atomic E-state index is 12.0. The average molecular weight is 371 g/mol. The fourth-order valence-corrected chi connectivity index (χ4v) is 2.87. The second-order valence-corrected chi connectivity index (χ2v) is 7.21. The van der Waals surface area contributed by atoms with Gasteiger partial charge in [-0.05, 0) is 32.1 Å². The summed E-state index contributed by atoms with van der Waals surface area (Å²) >= 11 is 0. The molecule has 0 N–H and O–H groups in total. The van der Waals surface area contributed by atoms with Crippen molar-refractivity contribution in [2.45, 2.75) is 111 Å². The molecule has 0 aromatic rings. The molecule has 0 spiro atoms. The first-order valence-corrected chi connectivity index (χ1v) is 11.0. The monoisotopic (exact) mass is 370 g/mol. The van der Waals surface area contributed by atoms with E-state index in [-0.39, 0.29) is 17.9 Å². The first-order chi connectivity index (χ1) is 12.7. The number of rotatable bonds is 18. The quantitative estimate of drug-likeness (QED) is 0.212. The third-order valence-electron chi connectivity index (χ3n) is 4.76. The molecule has 0 heterocycles. The first kappa shape index (κ1) is 24.9. The van der Waals surface area contributed by atoms with Crippen molar-refractivity contribution < 1.29 is 19.1 Å². The van der Waals surface area contributed by atoms with Gasteiger partial charge in [0.1, 0.15) is 0 Å². The lowest BCUT2D eigenvalue weighted by molar-refractivity contribution is -0.149. The predicted octanol–water partition coefficient (Wildman–Crippen LogP) is 6.21. The second-order valence-electron chi connectivity index (χ2n) is 7.21. The van der Waals surface area contributed by atoms with Crippen LogP contribution in [0.5, 0.6) is 0 Å². The summed E-state index contributed by atoms with van der Waals surface area (Å²) in [5.41, 5.74) is 0. The van der Waals surface area contributed by atoms with E-state index in [4.69, 9.17) is 9.47 Å². The Hall–Kier alpha value is -1.06. The van der Waals surface area contributed by atoms with Crippen molar-refractivity contribution in [2.75, 3.05) is 13.2 Å². The molecule has 0 aliphatic rings. The van der Waals surface area contributed by atoms with Crippen LogP contribution < -0.4 is 0 Å². The van der Waals surface area contributed by atoms with Crippen LogP contribution in [0.3, 0.4) is 0 Å². The number of carbonyl (C=O) groups is 2. The van der Waals surface area contributed by atoms with E-state index in [2.05, 4.69) is 20.8 Å². The van der Waals surface area contributed by atoms with Crippen molar-refractivity contribution in [2.24, 2.45) is 5.92 Å². The molecule has 0 saturated heterocycles. The molecule has 1 unspecified atom stereocenters. The zero-order chi connectivity index (χ0) is 19.5. The fraction of sp³-hybridized carbons (Fsp3) is 0.909. The van der Waals surface area contributed by atoms with Crippen LogP contribution >= 0.6 is 0 Å². The Kier molecular flexibility index (Phi) is 18.0. The van der Waals surface area contributed by atoms with E-state index in [0.717, 1.165) is 57.8 Å². The summed E-state index contributed by atoms with van der Waals surface area (Å²) in [5, 5.41) is 0. The van der Waals surface area contributed by atoms with Crippen LogP contribution in [0.2, 0.25) is 0 Å². The highest BCUT2D eigenvalue weighted by molar-refractivity contribution is 5.72. The normalized spacial score (nSPS) is 12.0. The third kappa shape index (κ3) is 15.2. The molecule has 0 aliphatic heterocycles.